The number of thiocarbonyl (C=S) groups is 1. The van der Waals surface area contributed by atoms with E-state index in [1.807, 2.05) is 30.3 Å². The summed E-state index contributed by atoms with van der Waals surface area (Å²) in [6.45, 7) is 1.54. The van der Waals surface area contributed by atoms with Gasteiger partial charge in [0.15, 0.2) is 0 Å². The number of amides is 2. The Bertz CT molecular complexity index is 830. The molecular formula is C16H13N3O3S2. The summed E-state index contributed by atoms with van der Waals surface area (Å²) in [6, 6.07) is 9.56. The second kappa shape index (κ2) is 6.98. The van der Waals surface area contributed by atoms with Gasteiger partial charge >= 0.3 is 6.01 Å². The molecule has 1 fully saturated rings. The van der Waals surface area contributed by atoms with Crippen LogP contribution in [0.2, 0.25) is 0 Å². The molecule has 0 unspecified atom stereocenters. The molecule has 2 amide bonds. The SMILES string of the molecule is Cc1cnc(NC(=O)CN2C(=O)/C(=C/c3ccccc3)SC2=S)o1. The smallest absolute Gasteiger partial charge is 0.301 e. The van der Waals surface area contributed by atoms with Crippen LogP contribution in [-0.4, -0.2) is 32.6 Å². The lowest BCUT2D eigenvalue weighted by Crippen LogP contribution is -2.36. The van der Waals surface area contributed by atoms with E-state index in [4.69, 9.17) is 16.6 Å². The number of thioether (sulfide) groups is 1. The van der Waals surface area contributed by atoms with Crippen molar-refractivity contribution in [1.82, 2.24) is 9.88 Å². The third-order valence-corrected chi connectivity index (χ3v) is 4.52. The lowest BCUT2D eigenvalue weighted by atomic mass is 10.2. The first-order valence-corrected chi connectivity index (χ1v) is 8.28. The van der Waals surface area contributed by atoms with Gasteiger partial charge in [0, 0.05) is 0 Å². The maximum absolute atomic E-state index is 12.4. The van der Waals surface area contributed by atoms with Crippen LogP contribution in [-0.2, 0) is 9.59 Å². The zero-order valence-corrected chi connectivity index (χ0v) is 14.3. The molecule has 6 nitrogen and oxygen atoms in total. The van der Waals surface area contributed by atoms with E-state index in [2.05, 4.69) is 10.3 Å². The normalized spacial score (nSPS) is 16.0. The molecule has 0 spiro atoms. The van der Waals surface area contributed by atoms with Crippen LogP contribution in [0.25, 0.3) is 6.08 Å². The summed E-state index contributed by atoms with van der Waals surface area (Å²) in [5.41, 5.74) is 0.901. The molecule has 0 radical (unpaired) electrons. The zero-order valence-electron chi connectivity index (χ0n) is 12.7. The summed E-state index contributed by atoms with van der Waals surface area (Å²) in [5, 5.41) is 2.50. The van der Waals surface area contributed by atoms with Gasteiger partial charge < -0.3 is 4.42 Å². The summed E-state index contributed by atoms with van der Waals surface area (Å²) in [7, 11) is 0. The lowest BCUT2D eigenvalue weighted by molar-refractivity contribution is -0.126. The van der Waals surface area contributed by atoms with Crippen LogP contribution in [0.4, 0.5) is 6.01 Å². The van der Waals surface area contributed by atoms with Gasteiger partial charge in [-0.3, -0.25) is 19.8 Å². The number of benzene rings is 1. The minimum absolute atomic E-state index is 0.0998. The van der Waals surface area contributed by atoms with Crippen molar-refractivity contribution in [1.29, 1.82) is 0 Å². The van der Waals surface area contributed by atoms with Crippen LogP contribution >= 0.6 is 24.0 Å². The number of aryl methyl sites for hydroxylation is 1. The van der Waals surface area contributed by atoms with Gasteiger partial charge in [0.2, 0.25) is 5.91 Å². The minimum Gasteiger partial charge on any atom is -0.429 e. The Hall–Kier alpha value is -2.45. The topological polar surface area (TPSA) is 75.4 Å². The quantitative estimate of drug-likeness (QED) is 0.668. The monoisotopic (exact) mass is 359 g/mol. The summed E-state index contributed by atoms with van der Waals surface area (Å²) in [4.78, 5) is 30.1. The maximum Gasteiger partial charge on any atom is 0.301 e. The van der Waals surface area contributed by atoms with Crippen molar-refractivity contribution in [2.45, 2.75) is 6.92 Å². The molecule has 1 aliphatic rings. The molecule has 24 heavy (non-hydrogen) atoms. The van der Waals surface area contributed by atoms with Crippen molar-refractivity contribution in [3.63, 3.8) is 0 Å². The summed E-state index contributed by atoms with van der Waals surface area (Å²) in [5.74, 6) is -0.122. The molecule has 1 N–H and O–H groups in total. The number of nitrogens with zero attached hydrogens (tertiary/aromatic N) is 2. The predicted octanol–water partition coefficient (Wildman–Crippen LogP) is 2.82. The largest absolute Gasteiger partial charge is 0.429 e. The Morgan fingerprint density at radius 2 is 2.17 bits per heavy atom. The molecule has 0 atom stereocenters. The zero-order chi connectivity index (χ0) is 17.1. The lowest BCUT2D eigenvalue weighted by Gasteiger charge is -2.12. The fraction of sp³-hybridized carbons (Fsp3) is 0.125. The Kier molecular flexibility index (Phi) is 4.77. The van der Waals surface area contributed by atoms with Crippen LogP contribution in [0.1, 0.15) is 11.3 Å². The first-order chi connectivity index (χ1) is 11.5. The highest BCUT2D eigenvalue weighted by atomic mass is 32.2. The van der Waals surface area contributed by atoms with Gasteiger partial charge in [-0.05, 0) is 18.6 Å². The Balaban J connectivity index is 1.68. The number of aromatic nitrogens is 1. The van der Waals surface area contributed by atoms with Crippen LogP contribution in [0, 0.1) is 6.92 Å². The average molecular weight is 359 g/mol. The Labute approximate surface area is 147 Å². The number of carbonyl (C=O) groups excluding carboxylic acids is 2. The second-order valence-corrected chi connectivity index (χ2v) is 6.68. The van der Waals surface area contributed by atoms with Crippen molar-refractivity contribution in [2.24, 2.45) is 0 Å². The highest BCUT2D eigenvalue weighted by molar-refractivity contribution is 8.26. The molecule has 2 aromatic rings. The molecule has 0 bridgehead atoms. The molecule has 1 aromatic carbocycles. The van der Waals surface area contributed by atoms with Crippen molar-refractivity contribution >= 4 is 52.2 Å². The number of rotatable bonds is 4. The van der Waals surface area contributed by atoms with Crippen LogP contribution < -0.4 is 5.32 Å². The van der Waals surface area contributed by atoms with Gasteiger partial charge in [0.05, 0.1) is 11.1 Å². The van der Waals surface area contributed by atoms with E-state index >= 15 is 0 Å². The highest BCUT2D eigenvalue weighted by Gasteiger charge is 2.33. The molecule has 3 rings (SSSR count). The maximum atomic E-state index is 12.4. The third-order valence-electron chi connectivity index (χ3n) is 3.14. The number of anilines is 1. The van der Waals surface area contributed by atoms with E-state index in [9.17, 15) is 9.59 Å². The van der Waals surface area contributed by atoms with Gasteiger partial charge in [-0.15, -0.1) is 0 Å². The molecule has 1 saturated heterocycles. The van der Waals surface area contributed by atoms with Crippen LogP contribution in [0.5, 0.6) is 0 Å². The number of hydrogen-bond acceptors (Lipinski definition) is 6. The Morgan fingerprint density at radius 1 is 1.42 bits per heavy atom. The molecular weight excluding hydrogens is 346 g/mol. The molecule has 122 valence electrons. The summed E-state index contributed by atoms with van der Waals surface area (Å²) < 4.78 is 5.52. The van der Waals surface area contributed by atoms with Gasteiger partial charge in [-0.2, -0.15) is 0 Å². The Morgan fingerprint density at radius 3 is 2.83 bits per heavy atom. The van der Waals surface area contributed by atoms with Crippen molar-refractivity contribution < 1.29 is 14.0 Å². The van der Waals surface area contributed by atoms with E-state index in [0.29, 0.717) is 15.0 Å². The molecule has 0 aliphatic carbocycles. The second-order valence-electron chi connectivity index (χ2n) is 5.00. The molecule has 1 aromatic heterocycles. The van der Waals surface area contributed by atoms with Gasteiger partial charge in [-0.25, -0.2) is 4.98 Å². The van der Waals surface area contributed by atoms with Gasteiger partial charge in [0.1, 0.15) is 16.6 Å². The van der Waals surface area contributed by atoms with Gasteiger partial charge in [0.25, 0.3) is 5.91 Å². The number of oxazole rings is 1. The first kappa shape index (κ1) is 16.4. The van der Waals surface area contributed by atoms with E-state index in [1.54, 1.807) is 13.0 Å². The van der Waals surface area contributed by atoms with E-state index in [-0.39, 0.29) is 18.5 Å². The fourth-order valence-corrected chi connectivity index (χ4v) is 3.31. The fourth-order valence-electron chi connectivity index (χ4n) is 2.05. The number of carbonyl (C=O) groups is 2. The van der Waals surface area contributed by atoms with E-state index < -0.39 is 5.91 Å². The van der Waals surface area contributed by atoms with E-state index in [0.717, 1.165) is 5.56 Å². The standard InChI is InChI=1S/C16H13N3O3S2/c1-10-8-17-15(22-10)18-13(20)9-19-14(21)12(24-16(19)23)7-11-5-3-2-4-6-11/h2-8H,9H2,1H3,(H,17,18,20)/b12-7-. The third kappa shape index (κ3) is 3.72. The van der Waals surface area contributed by atoms with Crippen molar-refractivity contribution in [3.8, 4) is 0 Å². The molecule has 2 heterocycles. The minimum atomic E-state index is -0.422. The molecule has 1 aliphatic heterocycles. The number of hydrogen-bond donors (Lipinski definition) is 1. The van der Waals surface area contributed by atoms with Crippen molar-refractivity contribution in [2.75, 3.05) is 11.9 Å². The summed E-state index contributed by atoms with van der Waals surface area (Å²) in [6.07, 6.45) is 3.26. The van der Waals surface area contributed by atoms with Crippen LogP contribution in [0.15, 0.2) is 45.9 Å². The van der Waals surface area contributed by atoms with E-state index in [1.165, 1.54) is 22.9 Å². The summed E-state index contributed by atoms with van der Waals surface area (Å²) >= 11 is 6.39. The highest BCUT2D eigenvalue weighted by Crippen LogP contribution is 2.32. The van der Waals surface area contributed by atoms with Crippen LogP contribution in [0.3, 0.4) is 0 Å². The molecule has 0 saturated carbocycles. The average Bonchev–Trinajstić information content (AvgIpc) is 3.07. The van der Waals surface area contributed by atoms with Gasteiger partial charge in [-0.1, -0.05) is 54.3 Å². The predicted molar refractivity (Wildman–Crippen MR) is 96.2 cm³/mol. The van der Waals surface area contributed by atoms with Crippen molar-refractivity contribution in [3.05, 3.63) is 52.8 Å². The molecule has 8 heteroatoms. The number of nitrogens with one attached hydrogen (secondary N) is 1. The first-order valence-electron chi connectivity index (χ1n) is 7.05.